The molecular formula is C14H20F7NO4. The third-order valence-electron chi connectivity index (χ3n) is 3.06. The number of ether oxygens (including phenoxy) is 2. The molecule has 0 radical (unpaired) electrons. The van der Waals surface area contributed by atoms with Crippen molar-refractivity contribution in [3.63, 3.8) is 0 Å². The Hall–Kier alpha value is -1.75. The summed E-state index contributed by atoms with van der Waals surface area (Å²) in [4.78, 5) is 23.4. The number of carbonyl (C=O) groups is 2. The Kier molecular flexibility index (Phi) is 7.34. The minimum absolute atomic E-state index is 0.264. The maximum absolute atomic E-state index is 13.9. The van der Waals surface area contributed by atoms with Crippen LogP contribution in [0.3, 0.4) is 0 Å². The lowest BCUT2D eigenvalue weighted by atomic mass is 9.89. The predicted octanol–water partition coefficient (Wildman–Crippen LogP) is 3.91. The van der Waals surface area contributed by atoms with Gasteiger partial charge in [-0.05, 0) is 27.7 Å². The van der Waals surface area contributed by atoms with Crippen molar-refractivity contribution < 1.29 is 49.8 Å². The van der Waals surface area contributed by atoms with Crippen LogP contribution in [0.4, 0.5) is 35.5 Å². The van der Waals surface area contributed by atoms with Crippen molar-refractivity contribution in [1.82, 2.24) is 5.32 Å². The lowest BCUT2D eigenvalue weighted by Gasteiger charge is -2.36. The van der Waals surface area contributed by atoms with E-state index in [1.807, 2.05) is 0 Å². The molecular weight excluding hydrogens is 379 g/mol. The summed E-state index contributed by atoms with van der Waals surface area (Å²) in [6.07, 6.45) is -8.03. The first-order valence-electron chi connectivity index (χ1n) is 7.37. The molecule has 0 rings (SSSR count). The maximum atomic E-state index is 13.9. The third kappa shape index (κ3) is 5.63. The number of rotatable bonds is 6. The van der Waals surface area contributed by atoms with Gasteiger partial charge in [0.2, 0.25) is 0 Å². The number of amides is 1. The normalized spacial score (nSPS) is 15.8. The number of nitrogens with one attached hydrogen (secondary N) is 1. The van der Waals surface area contributed by atoms with E-state index < -0.39 is 47.6 Å². The highest BCUT2D eigenvalue weighted by Crippen LogP contribution is 2.50. The van der Waals surface area contributed by atoms with Crippen LogP contribution >= 0.6 is 0 Å². The molecule has 1 N–H and O–H groups in total. The maximum Gasteiger partial charge on any atom is 0.459 e. The summed E-state index contributed by atoms with van der Waals surface area (Å²) in [7, 11) is 0. The fraction of sp³-hybridized carbons (Fsp3) is 0.857. The molecule has 0 aromatic carbocycles. The van der Waals surface area contributed by atoms with Gasteiger partial charge in [-0.25, -0.2) is 9.59 Å². The molecule has 2 unspecified atom stereocenters. The van der Waals surface area contributed by atoms with Gasteiger partial charge in [-0.15, -0.1) is 0 Å². The number of carbonyl (C=O) groups excluding carboxylic acids is 2. The highest BCUT2D eigenvalue weighted by molar-refractivity contribution is 5.82. The second-order valence-corrected chi connectivity index (χ2v) is 6.36. The van der Waals surface area contributed by atoms with Crippen LogP contribution < -0.4 is 5.32 Å². The van der Waals surface area contributed by atoms with E-state index in [2.05, 4.69) is 4.74 Å². The Bertz CT molecular complexity index is 514. The zero-order valence-corrected chi connectivity index (χ0v) is 14.6. The van der Waals surface area contributed by atoms with Gasteiger partial charge in [0.1, 0.15) is 11.6 Å². The van der Waals surface area contributed by atoms with E-state index in [1.165, 1.54) is 27.7 Å². The third-order valence-corrected chi connectivity index (χ3v) is 3.06. The lowest BCUT2D eigenvalue weighted by molar-refractivity contribution is -0.365. The summed E-state index contributed by atoms with van der Waals surface area (Å²) in [5, 5.41) is 1.55. The molecule has 0 aromatic rings. The summed E-state index contributed by atoms with van der Waals surface area (Å²) in [6, 6.07) is -2.52. The number of alkyl carbamates (subject to hydrolysis) is 1. The molecule has 26 heavy (non-hydrogen) atoms. The molecule has 1 amide bonds. The van der Waals surface area contributed by atoms with E-state index in [0.717, 1.165) is 0 Å². The van der Waals surface area contributed by atoms with Crippen molar-refractivity contribution in [3.8, 4) is 0 Å². The molecule has 0 aromatic heterocycles. The van der Waals surface area contributed by atoms with Crippen LogP contribution in [0.1, 0.15) is 34.6 Å². The summed E-state index contributed by atoms with van der Waals surface area (Å²) in [6.45, 7) is 5.23. The highest BCUT2D eigenvalue weighted by atomic mass is 19.4. The Balaban J connectivity index is 5.86. The first-order chi connectivity index (χ1) is 11.4. The van der Waals surface area contributed by atoms with Crippen molar-refractivity contribution in [2.24, 2.45) is 5.92 Å². The Labute approximate surface area is 145 Å². The van der Waals surface area contributed by atoms with E-state index in [1.54, 1.807) is 5.32 Å². The minimum atomic E-state index is -6.58. The van der Waals surface area contributed by atoms with Crippen molar-refractivity contribution in [3.05, 3.63) is 0 Å². The second kappa shape index (κ2) is 7.87. The molecule has 0 fully saturated rings. The van der Waals surface area contributed by atoms with Gasteiger partial charge < -0.3 is 14.8 Å². The SMILES string of the molecule is CCOC(=O)NC(C(=O)OC(C)(C)C)C(C)C(F)(F)C(F)(F)C(F)(F)F. The van der Waals surface area contributed by atoms with Crippen LogP contribution in [0.5, 0.6) is 0 Å². The predicted molar refractivity (Wildman–Crippen MR) is 74.9 cm³/mol. The monoisotopic (exact) mass is 399 g/mol. The average molecular weight is 399 g/mol. The summed E-state index contributed by atoms with van der Waals surface area (Å²) < 4.78 is 100. The van der Waals surface area contributed by atoms with Crippen LogP contribution in [0, 0.1) is 5.92 Å². The molecule has 0 aliphatic rings. The minimum Gasteiger partial charge on any atom is -0.458 e. The number of esters is 1. The van der Waals surface area contributed by atoms with E-state index in [0.29, 0.717) is 0 Å². The van der Waals surface area contributed by atoms with Crippen LogP contribution in [0.15, 0.2) is 0 Å². The zero-order chi connectivity index (χ0) is 21.1. The first kappa shape index (κ1) is 24.2. The van der Waals surface area contributed by atoms with E-state index in [9.17, 15) is 40.3 Å². The van der Waals surface area contributed by atoms with Gasteiger partial charge in [0.25, 0.3) is 0 Å². The van der Waals surface area contributed by atoms with Crippen molar-refractivity contribution in [2.45, 2.75) is 64.3 Å². The fourth-order valence-corrected chi connectivity index (χ4v) is 1.74. The number of halogens is 7. The average Bonchev–Trinajstić information content (AvgIpc) is 2.40. The van der Waals surface area contributed by atoms with Gasteiger partial charge >= 0.3 is 30.1 Å². The number of hydrogen-bond acceptors (Lipinski definition) is 4. The molecule has 154 valence electrons. The standard InChI is InChI=1S/C14H20F7NO4/c1-6-25-10(24)22-8(9(23)26-11(3,4)5)7(2)12(15,16)13(17,18)14(19,20)21/h7-8H,6H2,1-5H3,(H,22,24). The van der Waals surface area contributed by atoms with E-state index >= 15 is 0 Å². The molecule has 0 bridgehead atoms. The Morgan fingerprint density at radius 2 is 1.46 bits per heavy atom. The van der Waals surface area contributed by atoms with Gasteiger partial charge in [-0.2, -0.15) is 30.7 Å². The second-order valence-electron chi connectivity index (χ2n) is 6.36. The quantitative estimate of drug-likeness (QED) is 0.543. The number of alkyl halides is 7. The van der Waals surface area contributed by atoms with Crippen LogP contribution in [0.2, 0.25) is 0 Å². The van der Waals surface area contributed by atoms with Crippen molar-refractivity contribution in [2.75, 3.05) is 6.61 Å². The molecule has 0 saturated heterocycles. The zero-order valence-electron chi connectivity index (χ0n) is 14.6. The first-order valence-corrected chi connectivity index (χ1v) is 7.37. The number of hydrogen-bond donors (Lipinski definition) is 1. The van der Waals surface area contributed by atoms with Gasteiger partial charge in [-0.1, -0.05) is 6.92 Å². The molecule has 5 nitrogen and oxygen atoms in total. The van der Waals surface area contributed by atoms with Crippen LogP contribution in [0.25, 0.3) is 0 Å². The van der Waals surface area contributed by atoms with Crippen LogP contribution in [-0.2, 0) is 14.3 Å². The molecule has 0 saturated carbocycles. The topological polar surface area (TPSA) is 64.6 Å². The lowest BCUT2D eigenvalue weighted by Crippen LogP contribution is -2.61. The molecule has 0 heterocycles. The molecule has 2 atom stereocenters. The van der Waals surface area contributed by atoms with Gasteiger partial charge in [0.05, 0.1) is 12.5 Å². The molecule has 0 aliphatic carbocycles. The van der Waals surface area contributed by atoms with Crippen molar-refractivity contribution >= 4 is 12.1 Å². The summed E-state index contributed by atoms with van der Waals surface area (Å²) in [5.41, 5.74) is -1.28. The van der Waals surface area contributed by atoms with E-state index in [-0.39, 0.29) is 13.5 Å². The Morgan fingerprint density at radius 3 is 1.81 bits per heavy atom. The van der Waals surface area contributed by atoms with Gasteiger partial charge in [0, 0.05) is 0 Å². The Morgan fingerprint density at radius 1 is 1.00 bits per heavy atom. The molecule has 0 aliphatic heterocycles. The fourth-order valence-electron chi connectivity index (χ4n) is 1.74. The molecule has 12 heteroatoms. The summed E-state index contributed by atoms with van der Waals surface area (Å²) >= 11 is 0. The smallest absolute Gasteiger partial charge is 0.458 e. The van der Waals surface area contributed by atoms with Crippen molar-refractivity contribution in [1.29, 1.82) is 0 Å². The molecule has 0 spiro atoms. The van der Waals surface area contributed by atoms with E-state index in [4.69, 9.17) is 4.74 Å². The largest absolute Gasteiger partial charge is 0.459 e. The highest BCUT2D eigenvalue weighted by Gasteiger charge is 2.75. The van der Waals surface area contributed by atoms with Crippen LogP contribution in [-0.4, -0.2) is 48.3 Å². The summed E-state index contributed by atoms with van der Waals surface area (Å²) in [5.74, 6) is -16.8. The van der Waals surface area contributed by atoms with Gasteiger partial charge in [-0.3, -0.25) is 0 Å². The van der Waals surface area contributed by atoms with Gasteiger partial charge in [0.15, 0.2) is 0 Å².